The summed E-state index contributed by atoms with van der Waals surface area (Å²) in [5.74, 6) is 3.86. The molecule has 0 heterocycles. The van der Waals surface area contributed by atoms with Crippen LogP contribution in [0, 0.1) is 23.2 Å². The van der Waals surface area contributed by atoms with Crippen LogP contribution in [0.5, 0.6) is 0 Å². The average molecular weight is 476 g/mol. The van der Waals surface area contributed by atoms with Gasteiger partial charge in [0.2, 0.25) is 5.91 Å². The molecular weight excluding hydrogens is 439 g/mol. The highest BCUT2D eigenvalue weighted by atomic mass is 127. The Balaban J connectivity index is 0.00000243. The van der Waals surface area contributed by atoms with Crippen LogP contribution < -0.4 is 10.6 Å². The second-order valence-corrected chi connectivity index (χ2v) is 8.60. The summed E-state index contributed by atoms with van der Waals surface area (Å²) in [6.07, 6.45) is 9.89. The highest BCUT2D eigenvalue weighted by Crippen LogP contribution is 2.48. The zero-order valence-corrected chi connectivity index (χ0v) is 19.1. The number of hydrogen-bond donors (Lipinski definition) is 2. The zero-order chi connectivity index (χ0) is 17.9. The Morgan fingerprint density at radius 1 is 1.12 bits per heavy atom. The van der Waals surface area contributed by atoms with E-state index in [1.165, 1.54) is 25.7 Å². The zero-order valence-electron chi connectivity index (χ0n) is 16.7. The summed E-state index contributed by atoms with van der Waals surface area (Å²) in [5.41, 5.74) is -0.280. The van der Waals surface area contributed by atoms with Crippen molar-refractivity contribution in [3.8, 4) is 0 Å². The summed E-state index contributed by atoms with van der Waals surface area (Å²) >= 11 is 0. The fraction of sp³-hybridized carbons (Fsp3) is 0.900. The summed E-state index contributed by atoms with van der Waals surface area (Å²) in [5, 5.41) is 6.97. The van der Waals surface area contributed by atoms with Gasteiger partial charge in [-0.3, -0.25) is 9.79 Å². The Bertz CT molecular complexity index is 482. The molecule has 1 amide bonds. The molecule has 0 atom stereocenters. The van der Waals surface area contributed by atoms with Crippen LogP contribution in [-0.4, -0.2) is 50.5 Å². The van der Waals surface area contributed by atoms with Crippen LogP contribution in [-0.2, 0) is 4.79 Å². The first-order valence-corrected chi connectivity index (χ1v) is 10.3. The number of amides is 1. The first-order chi connectivity index (χ1) is 12.1. The largest absolute Gasteiger partial charge is 0.357 e. The third-order valence-corrected chi connectivity index (χ3v) is 6.26. The summed E-state index contributed by atoms with van der Waals surface area (Å²) < 4.78 is 0. The first kappa shape index (κ1) is 21.8. The van der Waals surface area contributed by atoms with Crippen LogP contribution in [0.3, 0.4) is 0 Å². The number of halogens is 1. The molecule has 6 heteroatoms. The van der Waals surface area contributed by atoms with Gasteiger partial charge in [0.25, 0.3) is 0 Å². The molecule has 3 aliphatic rings. The molecule has 150 valence electrons. The van der Waals surface area contributed by atoms with Gasteiger partial charge in [-0.05, 0) is 63.2 Å². The second-order valence-electron chi connectivity index (χ2n) is 8.60. The molecule has 0 bridgehead atoms. The molecule has 0 aliphatic heterocycles. The summed E-state index contributed by atoms with van der Waals surface area (Å²) in [7, 11) is 3.73. The standard InChI is InChI=1S/C20H36N4O.HI/c1-4-21-19(22-13-17(15-7-8-15)16-9-10-16)23-14-20(11-5-6-12-20)18(25)24(2)3;/h15-17H,4-14H2,1-3H3,(H2,21,22,23);1H. The van der Waals surface area contributed by atoms with E-state index in [4.69, 9.17) is 4.99 Å². The van der Waals surface area contributed by atoms with Crippen molar-refractivity contribution in [3.05, 3.63) is 0 Å². The van der Waals surface area contributed by atoms with Gasteiger partial charge in [-0.25, -0.2) is 0 Å². The second kappa shape index (κ2) is 9.60. The van der Waals surface area contributed by atoms with Gasteiger partial charge in [-0.15, -0.1) is 24.0 Å². The SMILES string of the molecule is CCNC(=NCC1(C(=O)N(C)C)CCCC1)NCC(C1CC1)C1CC1.I. The quantitative estimate of drug-likeness (QED) is 0.321. The number of nitrogens with one attached hydrogen (secondary N) is 2. The summed E-state index contributed by atoms with van der Waals surface area (Å²) in [4.78, 5) is 19.3. The number of nitrogens with zero attached hydrogens (tertiary/aromatic N) is 2. The fourth-order valence-corrected chi connectivity index (χ4v) is 4.52. The molecule has 3 rings (SSSR count). The predicted octanol–water partition coefficient (Wildman–Crippen LogP) is 3.24. The minimum Gasteiger partial charge on any atom is -0.357 e. The Hall–Kier alpha value is -0.530. The average Bonchev–Trinajstić information content (AvgIpc) is 3.53. The van der Waals surface area contributed by atoms with E-state index in [-0.39, 0.29) is 35.3 Å². The maximum absolute atomic E-state index is 12.7. The number of carbonyl (C=O) groups excluding carboxylic acids is 1. The minimum absolute atomic E-state index is 0. The van der Waals surface area contributed by atoms with E-state index < -0.39 is 0 Å². The number of rotatable bonds is 8. The summed E-state index contributed by atoms with van der Waals surface area (Å²) in [6.45, 7) is 4.61. The third-order valence-electron chi connectivity index (χ3n) is 6.26. The molecule has 26 heavy (non-hydrogen) atoms. The molecule has 0 aromatic carbocycles. The van der Waals surface area contributed by atoms with Crippen LogP contribution >= 0.6 is 24.0 Å². The van der Waals surface area contributed by atoms with Crippen molar-refractivity contribution < 1.29 is 4.79 Å². The molecule has 0 spiro atoms. The van der Waals surface area contributed by atoms with Crippen molar-refractivity contribution >= 4 is 35.8 Å². The number of carbonyl (C=O) groups is 1. The van der Waals surface area contributed by atoms with E-state index in [0.717, 1.165) is 62.5 Å². The van der Waals surface area contributed by atoms with Crippen molar-refractivity contribution in [2.24, 2.45) is 28.2 Å². The maximum Gasteiger partial charge on any atom is 0.230 e. The van der Waals surface area contributed by atoms with Gasteiger partial charge in [0.1, 0.15) is 0 Å². The minimum atomic E-state index is -0.280. The van der Waals surface area contributed by atoms with E-state index in [0.29, 0.717) is 6.54 Å². The van der Waals surface area contributed by atoms with Crippen molar-refractivity contribution in [1.29, 1.82) is 0 Å². The lowest BCUT2D eigenvalue weighted by Gasteiger charge is -2.29. The van der Waals surface area contributed by atoms with E-state index in [1.807, 2.05) is 14.1 Å². The fourth-order valence-electron chi connectivity index (χ4n) is 4.52. The molecule has 5 nitrogen and oxygen atoms in total. The topological polar surface area (TPSA) is 56.7 Å². The van der Waals surface area contributed by atoms with E-state index in [9.17, 15) is 4.79 Å². The number of hydrogen-bond acceptors (Lipinski definition) is 2. The molecular formula is C20H37IN4O. The third kappa shape index (κ3) is 5.49. The van der Waals surface area contributed by atoms with Gasteiger partial charge in [-0.1, -0.05) is 12.8 Å². The molecule has 3 saturated carbocycles. The van der Waals surface area contributed by atoms with E-state index >= 15 is 0 Å². The molecule has 0 aromatic rings. The van der Waals surface area contributed by atoms with Gasteiger partial charge >= 0.3 is 0 Å². The lowest BCUT2D eigenvalue weighted by atomic mass is 9.85. The highest BCUT2D eigenvalue weighted by Gasteiger charge is 2.43. The van der Waals surface area contributed by atoms with Crippen LogP contribution in [0.1, 0.15) is 58.3 Å². The molecule has 0 radical (unpaired) electrons. The monoisotopic (exact) mass is 476 g/mol. The molecule has 0 saturated heterocycles. The van der Waals surface area contributed by atoms with Gasteiger partial charge < -0.3 is 15.5 Å². The molecule has 2 N–H and O–H groups in total. The highest BCUT2D eigenvalue weighted by molar-refractivity contribution is 14.0. The van der Waals surface area contributed by atoms with Gasteiger partial charge in [0.15, 0.2) is 5.96 Å². The smallest absolute Gasteiger partial charge is 0.230 e. The number of aliphatic imine (C=N–C) groups is 1. The van der Waals surface area contributed by atoms with Crippen LogP contribution in [0.2, 0.25) is 0 Å². The van der Waals surface area contributed by atoms with Crippen molar-refractivity contribution in [3.63, 3.8) is 0 Å². The maximum atomic E-state index is 12.7. The molecule has 3 fully saturated rings. The van der Waals surface area contributed by atoms with Gasteiger partial charge in [0, 0.05) is 27.2 Å². The van der Waals surface area contributed by atoms with Crippen molar-refractivity contribution in [2.45, 2.75) is 58.3 Å². The molecule has 0 unspecified atom stereocenters. The normalized spacial score (nSPS) is 22.1. The predicted molar refractivity (Wildman–Crippen MR) is 118 cm³/mol. The molecule has 3 aliphatic carbocycles. The lowest BCUT2D eigenvalue weighted by molar-refractivity contribution is -0.138. The summed E-state index contributed by atoms with van der Waals surface area (Å²) in [6, 6.07) is 0. The molecule has 0 aromatic heterocycles. The van der Waals surface area contributed by atoms with E-state index in [2.05, 4.69) is 17.6 Å². The van der Waals surface area contributed by atoms with Crippen LogP contribution in [0.4, 0.5) is 0 Å². The van der Waals surface area contributed by atoms with Crippen molar-refractivity contribution in [2.75, 3.05) is 33.7 Å². The Kier molecular flexibility index (Phi) is 8.04. The number of guanidine groups is 1. The Morgan fingerprint density at radius 3 is 2.15 bits per heavy atom. The van der Waals surface area contributed by atoms with Gasteiger partial charge in [-0.2, -0.15) is 0 Å². The Labute approximate surface area is 176 Å². The van der Waals surface area contributed by atoms with Crippen LogP contribution in [0.25, 0.3) is 0 Å². The van der Waals surface area contributed by atoms with E-state index in [1.54, 1.807) is 4.90 Å². The van der Waals surface area contributed by atoms with Gasteiger partial charge in [0.05, 0.1) is 12.0 Å². The first-order valence-electron chi connectivity index (χ1n) is 10.3. The van der Waals surface area contributed by atoms with Crippen molar-refractivity contribution in [1.82, 2.24) is 15.5 Å². The lowest BCUT2D eigenvalue weighted by Crippen LogP contribution is -2.44. The van der Waals surface area contributed by atoms with Crippen LogP contribution in [0.15, 0.2) is 4.99 Å². The Morgan fingerprint density at radius 2 is 1.69 bits per heavy atom.